The second kappa shape index (κ2) is 9.30. The van der Waals surface area contributed by atoms with E-state index >= 15 is 0 Å². The van der Waals surface area contributed by atoms with E-state index in [1.54, 1.807) is 14.2 Å². The van der Waals surface area contributed by atoms with E-state index in [-0.39, 0.29) is 6.54 Å². The van der Waals surface area contributed by atoms with Gasteiger partial charge in [0.2, 0.25) is 0 Å². The van der Waals surface area contributed by atoms with Crippen molar-refractivity contribution in [3.8, 4) is 11.5 Å². The van der Waals surface area contributed by atoms with Crippen LogP contribution in [0.2, 0.25) is 0 Å². The van der Waals surface area contributed by atoms with E-state index in [9.17, 15) is 4.79 Å². The first-order valence-corrected chi connectivity index (χ1v) is 7.69. The average Bonchev–Trinajstić information content (AvgIpc) is 2.54. The van der Waals surface area contributed by atoms with Crippen molar-refractivity contribution in [2.75, 3.05) is 20.8 Å². The van der Waals surface area contributed by atoms with Crippen LogP contribution in [0.1, 0.15) is 31.7 Å². The quantitative estimate of drug-likeness (QED) is 0.694. The Bertz CT molecular complexity index is 476. The summed E-state index contributed by atoms with van der Waals surface area (Å²) in [5, 5.41) is 9.14. The number of aliphatic carboxylic acids is 1. The predicted octanol–water partition coefficient (Wildman–Crippen LogP) is 2.71. The minimum Gasteiger partial charge on any atom is -0.497 e. The van der Waals surface area contributed by atoms with E-state index < -0.39 is 11.9 Å². The topological polar surface area (TPSA) is 81.8 Å². The number of hydrogen-bond donors (Lipinski definition) is 2. The van der Waals surface area contributed by atoms with Crippen molar-refractivity contribution in [3.63, 3.8) is 0 Å². The monoisotopic (exact) mass is 309 g/mol. The van der Waals surface area contributed by atoms with Gasteiger partial charge in [-0.3, -0.25) is 4.79 Å². The molecule has 0 saturated carbocycles. The first-order valence-electron chi connectivity index (χ1n) is 7.69. The third kappa shape index (κ3) is 5.22. The predicted molar refractivity (Wildman–Crippen MR) is 86.4 cm³/mol. The summed E-state index contributed by atoms with van der Waals surface area (Å²) in [4.78, 5) is 11.1. The fourth-order valence-corrected chi connectivity index (χ4v) is 2.63. The van der Waals surface area contributed by atoms with Crippen LogP contribution in [0.3, 0.4) is 0 Å². The van der Waals surface area contributed by atoms with Gasteiger partial charge in [-0.2, -0.15) is 0 Å². The Kier molecular flexibility index (Phi) is 7.74. The van der Waals surface area contributed by atoms with Gasteiger partial charge >= 0.3 is 5.97 Å². The number of rotatable bonds is 10. The van der Waals surface area contributed by atoms with Crippen LogP contribution in [-0.4, -0.2) is 31.8 Å². The summed E-state index contributed by atoms with van der Waals surface area (Å²) in [6.07, 6.45) is 3.30. The highest BCUT2D eigenvalue weighted by Crippen LogP contribution is 2.28. The average molecular weight is 309 g/mol. The van der Waals surface area contributed by atoms with Crippen LogP contribution < -0.4 is 15.2 Å². The van der Waals surface area contributed by atoms with Gasteiger partial charge in [0, 0.05) is 6.54 Å². The molecule has 2 unspecified atom stereocenters. The number of carboxylic acids is 1. The minimum atomic E-state index is -0.806. The summed E-state index contributed by atoms with van der Waals surface area (Å²) in [5.41, 5.74) is 6.63. The number of nitrogens with two attached hydrogens (primary N) is 1. The van der Waals surface area contributed by atoms with E-state index in [1.165, 1.54) is 0 Å². The van der Waals surface area contributed by atoms with E-state index in [4.69, 9.17) is 20.3 Å². The summed E-state index contributed by atoms with van der Waals surface area (Å²) < 4.78 is 10.6. The van der Waals surface area contributed by atoms with Crippen LogP contribution in [0.4, 0.5) is 0 Å². The van der Waals surface area contributed by atoms with Crippen molar-refractivity contribution in [3.05, 3.63) is 23.8 Å². The van der Waals surface area contributed by atoms with Crippen molar-refractivity contribution in [2.24, 2.45) is 17.6 Å². The van der Waals surface area contributed by atoms with Crippen molar-refractivity contribution in [1.82, 2.24) is 0 Å². The van der Waals surface area contributed by atoms with Gasteiger partial charge in [-0.25, -0.2) is 0 Å². The molecule has 0 aliphatic carbocycles. The molecule has 0 fully saturated rings. The Balaban J connectivity index is 2.71. The Morgan fingerprint density at radius 2 is 2.05 bits per heavy atom. The van der Waals surface area contributed by atoms with Crippen molar-refractivity contribution in [1.29, 1.82) is 0 Å². The lowest BCUT2D eigenvalue weighted by molar-refractivity contribution is -0.142. The molecule has 2 atom stereocenters. The van der Waals surface area contributed by atoms with Crippen LogP contribution in [0.25, 0.3) is 0 Å². The molecule has 0 heterocycles. The molecule has 5 nitrogen and oxygen atoms in total. The third-order valence-electron chi connectivity index (χ3n) is 4.14. The lowest BCUT2D eigenvalue weighted by Crippen LogP contribution is -2.26. The van der Waals surface area contributed by atoms with Gasteiger partial charge in [-0.05, 0) is 48.9 Å². The Morgan fingerprint density at radius 1 is 1.32 bits per heavy atom. The molecule has 124 valence electrons. The maximum Gasteiger partial charge on any atom is 0.307 e. The van der Waals surface area contributed by atoms with Gasteiger partial charge in [0.05, 0.1) is 20.1 Å². The number of carbonyl (C=O) groups is 1. The SMILES string of the molecule is CCC(CCc1cc(OC)ccc1OC)CC(CN)C(=O)O. The molecule has 0 aliphatic rings. The van der Waals surface area contributed by atoms with Crippen LogP contribution in [0.15, 0.2) is 18.2 Å². The molecular formula is C17H27NO4. The third-order valence-corrected chi connectivity index (χ3v) is 4.14. The lowest BCUT2D eigenvalue weighted by Gasteiger charge is -2.19. The van der Waals surface area contributed by atoms with Gasteiger partial charge in [-0.15, -0.1) is 0 Å². The maximum absolute atomic E-state index is 11.1. The fraction of sp³-hybridized carbons (Fsp3) is 0.588. The molecule has 1 aromatic carbocycles. The van der Waals surface area contributed by atoms with E-state index in [1.807, 2.05) is 18.2 Å². The van der Waals surface area contributed by atoms with Crippen LogP contribution >= 0.6 is 0 Å². The highest BCUT2D eigenvalue weighted by atomic mass is 16.5. The zero-order valence-corrected chi connectivity index (χ0v) is 13.7. The summed E-state index contributed by atoms with van der Waals surface area (Å²) in [6.45, 7) is 2.28. The number of ether oxygens (including phenoxy) is 2. The molecular weight excluding hydrogens is 282 g/mol. The zero-order valence-electron chi connectivity index (χ0n) is 13.7. The number of benzene rings is 1. The summed E-state index contributed by atoms with van der Waals surface area (Å²) in [5.74, 6) is 0.705. The summed E-state index contributed by atoms with van der Waals surface area (Å²) in [6, 6.07) is 5.74. The molecule has 1 aromatic rings. The Labute approximate surface area is 132 Å². The van der Waals surface area contributed by atoms with Gasteiger partial charge in [0.25, 0.3) is 0 Å². The second-order valence-corrected chi connectivity index (χ2v) is 5.50. The molecule has 0 aromatic heterocycles. The Hall–Kier alpha value is -1.75. The van der Waals surface area contributed by atoms with E-state index in [2.05, 4.69) is 6.92 Å². The molecule has 3 N–H and O–H groups in total. The standard InChI is InChI=1S/C17H27NO4/c1-4-12(9-14(11-18)17(19)20)5-6-13-10-15(21-2)7-8-16(13)22-3/h7-8,10,12,14H,4-6,9,11,18H2,1-3H3,(H,19,20). The first-order chi connectivity index (χ1) is 10.5. The number of methoxy groups -OCH3 is 2. The minimum absolute atomic E-state index is 0.189. The number of aryl methyl sites for hydroxylation is 1. The Morgan fingerprint density at radius 3 is 2.55 bits per heavy atom. The molecule has 0 spiro atoms. The molecule has 1 rings (SSSR count). The van der Waals surface area contributed by atoms with Crippen molar-refractivity contribution in [2.45, 2.75) is 32.6 Å². The van der Waals surface area contributed by atoms with Crippen molar-refractivity contribution >= 4 is 5.97 Å². The number of hydrogen-bond acceptors (Lipinski definition) is 4. The normalized spacial score (nSPS) is 13.5. The van der Waals surface area contributed by atoms with Gasteiger partial charge in [0.15, 0.2) is 0 Å². The molecule has 0 aliphatic heterocycles. The smallest absolute Gasteiger partial charge is 0.307 e. The maximum atomic E-state index is 11.1. The van der Waals surface area contributed by atoms with Crippen LogP contribution in [0, 0.1) is 11.8 Å². The molecule has 0 radical (unpaired) electrons. The molecule has 5 heteroatoms. The lowest BCUT2D eigenvalue weighted by atomic mass is 9.88. The number of carboxylic acid groups (broad SMARTS) is 1. The van der Waals surface area contributed by atoms with E-state index in [0.717, 1.165) is 36.3 Å². The summed E-state index contributed by atoms with van der Waals surface area (Å²) in [7, 11) is 3.29. The fourth-order valence-electron chi connectivity index (χ4n) is 2.63. The van der Waals surface area contributed by atoms with Gasteiger partial charge < -0.3 is 20.3 Å². The zero-order chi connectivity index (χ0) is 16.5. The largest absolute Gasteiger partial charge is 0.497 e. The van der Waals surface area contributed by atoms with Gasteiger partial charge in [0.1, 0.15) is 11.5 Å². The van der Waals surface area contributed by atoms with Crippen LogP contribution in [0.5, 0.6) is 11.5 Å². The molecule has 22 heavy (non-hydrogen) atoms. The summed E-state index contributed by atoms with van der Waals surface area (Å²) >= 11 is 0. The molecule has 0 amide bonds. The van der Waals surface area contributed by atoms with E-state index in [0.29, 0.717) is 12.3 Å². The van der Waals surface area contributed by atoms with Crippen molar-refractivity contribution < 1.29 is 19.4 Å². The van der Waals surface area contributed by atoms with Crippen LogP contribution in [-0.2, 0) is 11.2 Å². The highest BCUT2D eigenvalue weighted by molar-refractivity contribution is 5.70. The second-order valence-electron chi connectivity index (χ2n) is 5.50. The molecule has 0 saturated heterocycles. The molecule has 0 bridgehead atoms. The first kappa shape index (κ1) is 18.3. The highest BCUT2D eigenvalue weighted by Gasteiger charge is 2.20. The van der Waals surface area contributed by atoms with Gasteiger partial charge in [-0.1, -0.05) is 13.3 Å².